The van der Waals surface area contributed by atoms with E-state index in [1.165, 1.54) is 6.20 Å². The third-order valence-electron chi connectivity index (χ3n) is 4.45. The van der Waals surface area contributed by atoms with Crippen LogP contribution in [0.1, 0.15) is 50.5 Å². The van der Waals surface area contributed by atoms with Crippen molar-refractivity contribution >= 4 is 17.5 Å². The SMILES string of the molecule is Cc1cccc(C(=O)Nc2cccc([C@H](C)Cc3cncc(C(N)=O)n3)c2)c1. The fourth-order valence-corrected chi connectivity index (χ4v) is 2.97. The van der Waals surface area contributed by atoms with Crippen LogP contribution < -0.4 is 11.1 Å². The summed E-state index contributed by atoms with van der Waals surface area (Å²) in [4.78, 5) is 32.0. The number of hydrogen-bond acceptors (Lipinski definition) is 4. The molecule has 2 aromatic carbocycles. The predicted molar refractivity (Wildman–Crippen MR) is 108 cm³/mol. The second-order valence-electron chi connectivity index (χ2n) is 6.81. The lowest BCUT2D eigenvalue weighted by molar-refractivity contribution is 0.0992. The number of nitrogens with one attached hydrogen (secondary N) is 1. The zero-order valence-corrected chi connectivity index (χ0v) is 15.8. The lowest BCUT2D eigenvalue weighted by Gasteiger charge is -2.14. The maximum absolute atomic E-state index is 12.5. The fourth-order valence-electron chi connectivity index (χ4n) is 2.97. The third-order valence-corrected chi connectivity index (χ3v) is 4.45. The highest BCUT2D eigenvalue weighted by molar-refractivity contribution is 6.04. The third kappa shape index (κ3) is 4.79. The Morgan fingerprint density at radius 1 is 1.11 bits per heavy atom. The molecule has 6 nitrogen and oxygen atoms in total. The molecule has 6 heteroatoms. The second kappa shape index (κ2) is 8.43. The Kier molecular flexibility index (Phi) is 5.79. The Bertz CT molecular complexity index is 1020. The second-order valence-corrected chi connectivity index (χ2v) is 6.81. The molecular formula is C22H22N4O2. The molecule has 142 valence electrons. The van der Waals surface area contributed by atoms with E-state index in [1.54, 1.807) is 12.3 Å². The summed E-state index contributed by atoms with van der Waals surface area (Å²) in [5.41, 5.74) is 9.55. The van der Waals surface area contributed by atoms with Crippen LogP contribution in [0.4, 0.5) is 5.69 Å². The van der Waals surface area contributed by atoms with Crippen molar-refractivity contribution in [3.05, 3.63) is 89.0 Å². The molecule has 3 rings (SSSR count). The highest BCUT2D eigenvalue weighted by Gasteiger charge is 2.12. The molecule has 2 amide bonds. The van der Waals surface area contributed by atoms with Crippen molar-refractivity contribution in [1.29, 1.82) is 0 Å². The number of aromatic nitrogens is 2. The number of nitrogens with zero attached hydrogens (tertiary/aromatic N) is 2. The van der Waals surface area contributed by atoms with Gasteiger partial charge in [-0.15, -0.1) is 0 Å². The highest BCUT2D eigenvalue weighted by atomic mass is 16.2. The van der Waals surface area contributed by atoms with Crippen molar-refractivity contribution in [3.8, 4) is 0 Å². The van der Waals surface area contributed by atoms with Crippen LogP contribution in [0, 0.1) is 6.92 Å². The van der Waals surface area contributed by atoms with E-state index in [0.717, 1.165) is 16.8 Å². The standard InChI is InChI=1S/C22H22N4O2/c1-14-5-3-7-17(9-14)22(28)26-18-8-4-6-16(11-18)15(2)10-19-12-24-13-20(25-19)21(23)27/h3-9,11-13,15H,10H2,1-2H3,(H2,23,27)(H,26,28)/t15-/m1/s1. The monoisotopic (exact) mass is 374 g/mol. The van der Waals surface area contributed by atoms with Crippen LogP contribution in [0.3, 0.4) is 0 Å². The summed E-state index contributed by atoms with van der Waals surface area (Å²) in [6.07, 6.45) is 3.59. The van der Waals surface area contributed by atoms with E-state index in [0.29, 0.717) is 17.7 Å². The quantitative estimate of drug-likeness (QED) is 0.690. The van der Waals surface area contributed by atoms with Gasteiger partial charge in [0, 0.05) is 17.4 Å². The number of carbonyl (C=O) groups is 2. The Morgan fingerprint density at radius 3 is 2.64 bits per heavy atom. The van der Waals surface area contributed by atoms with Crippen molar-refractivity contribution in [2.24, 2.45) is 5.73 Å². The van der Waals surface area contributed by atoms with E-state index in [1.807, 2.05) is 49.4 Å². The normalized spacial score (nSPS) is 11.6. The largest absolute Gasteiger partial charge is 0.364 e. The number of aryl methyl sites for hydroxylation is 1. The Balaban J connectivity index is 1.72. The summed E-state index contributed by atoms with van der Waals surface area (Å²) < 4.78 is 0. The lowest BCUT2D eigenvalue weighted by Crippen LogP contribution is -2.15. The first-order valence-electron chi connectivity index (χ1n) is 9.01. The van der Waals surface area contributed by atoms with Crippen LogP contribution in [0.15, 0.2) is 60.9 Å². The molecule has 1 heterocycles. The van der Waals surface area contributed by atoms with Gasteiger partial charge in [-0.1, -0.05) is 36.8 Å². The van der Waals surface area contributed by atoms with Gasteiger partial charge in [-0.05, 0) is 49.1 Å². The summed E-state index contributed by atoms with van der Waals surface area (Å²) in [6, 6.07) is 15.2. The van der Waals surface area contributed by atoms with Crippen molar-refractivity contribution in [2.75, 3.05) is 5.32 Å². The van der Waals surface area contributed by atoms with E-state index in [9.17, 15) is 9.59 Å². The molecule has 0 saturated heterocycles. The van der Waals surface area contributed by atoms with Gasteiger partial charge in [0.1, 0.15) is 5.69 Å². The van der Waals surface area contributed by atoms with Gasteiger partial charge >= 0.3 is 0 Å². The molecule has 0 aliphatic carbocycles. The minimum absolute atomic E-state index is 0.119. The minimum atomic E-state index is -0.595. The zero-order valence-electron chi connectivity index (χ0n) is 15.8. The molecule has 3 aromatic rings. The number of carbonyl (C=O) groups excluding carboxylic acids is 2. The van der Waals surface area contributed by atoms with Crippen LogP contribution in [0.5, 0.6) is 0 Å². The highest BCUT2D eigenvalue weighted by Crippen LogP contribution is 2.23. The van der Waals surface area contributed by atoms with E-state index < -0.39 is 5.91 Å². The Labute approximate surface area is 163 Å². The molecule has 0 bridgehead atoms. The van der Waals surface area contributed by atoms with Gasteiger partial charge in [-0.2, -0.15) is 0 Å². The van der Waals surface area contributed by atoms with E-state index >= 15 is 0 Å². The summed E-state index contributed by atoms with van der Waals surface area (Å²) in [7, 11) is 0. The molecule has 0 fully saturated rings. The molecule has 0 saturated carbocycles. The number of primary amides is 1. The zero-order chi connectivity index (χ0) is 20.1. The van der Waals surface area contributed by atoms with Gasteiger partial charge in [-0.3, -0.25) is 14.6 Å². The number of benzene rings is 2. The summed E-state index contributed by atoms with van der Waals surface area (Å²) in [5, 5.41) is 2.94. The first-order chi connectivity index (χ1) is 13.4. The maximum Gasteiger partial charge on any atom is 0.268 e. The lowest BCUT2D eigenvalue weighted by atomic mass is 9.96. The molecule has 0 unspecified atom stereocenters. The van der Waals surface area contributed by atoms with Crippen molar-refractivity contribution in [2.45, 2.75) is 26.2 Å². The average molecular weight is 374 g/mol. The summed E-state index contributed by atoms with van der Waals surface area (Å²) in [5.74, 6) is -0.621. The Morgan fingerprint density at radius 2 is 1.89 bits per heavy atom. The van der Waals surface area contributed by atoms with Crippen LogP contribution in [0.2, 0.25) is 0 Å². The van der Waals surface area contributed by atoms with Crippen LogP contribution in [-0.2, 0) is 6.42 Å². The van der Waals surface area contributed by atoms with Crippen LogP contribution in [-0.4, -0.2) is 21.8 Å². The number of nitrogens with two attached hydrogens (primary N) is 1. The average Bonchev–Trinajstić information content (AvgIpc) is 2.68. The number of anilines is 1. The van der Waals surface area contributed by atoms with E-state index in [4.69, 9.17) is 5.73 Å². The first kappa shape index (κ1) is 19.2. The van der Waals surface area contributed by atoms with Gasteiger partial charge in [0.2, 0.25) is 0 Å². The molecule has 28 heavy (non-hydrogen) atoms. The molecule has 0 spiro atoms. The molecule has 0 radical (unpaired) electrons. The van der Waals surface area contributed by atoms with Gasteiger partial charge in [0.15, 0.2) is 0 Å². The van der Waals surface area contributed by atoms with Crippen LogP contribution in [0.25, 0.3) is 0 Å². The van der Waals surface area contributed by atoms with Crippen LogP contribution >= 0.6 is 0 Å². The Hall–Kier alpha value is -3.54. The number of hydrogen-bond donors (Lipinski definition) is 2. The summed E-state index contributed by atoms with van der Waals surface area (Å²) >= 11 is 0. The molecule has 1 atom stereocenters. The molecule has 3 N–H and O–H groups in total. The topological polar surface area (TPSA) is 98.0 Å². The van der Waals surface area contributed by atoms with E-state index in [-0.39, 0.29) is 17.5 Å². The molecule has 0 aliphatic rings. The molecular weight excluding hydrogens is 352 g/mol. The van der Waals surface area contributed by atoms with Gasteiger partial charge < -0.3 is 11.1 Å². The minimum Gasteiger partial charge on any atom is -0.364 e. The summed E-state index contributed by atoms with van der Waals surface area (Å²) in [6.45, 7) is 4.01. The first-order valence-corrected chi connectivity index (χ1v) is 9.01. The molecule has 0 aliphatic heterocycles. The van der Waals surface area contributed by atoms with E-state index in [2.05, 4.69) is 22.2 Å². The number of amides is 2. The van der Waals surface area contributed by atoms with Crippen molar-refractivity contribution < 1.29 is 9.59 Å². The smallest absolute Gasteiger partial charge is 0.268 e. The predicted octanol–water partition coefficient (Wildman–Crippen LogP) is 3.48. The van der Waals surface area contributed by atoms with Gasteiger partial charge in [-0.25, -0.2) is 4.98 Å². The van der Waals surface area contributed by atoms with Crippen molar-refractivity contribution in [3.63, 3.8) is 0 Å². The number of rotatable bonds is 6. The van der Waals surface area contributed by atoms with Crippen molar-refractivity contribution in [1.82, 2.24) is 9.97 Å². The fraction of sp³-hybridized carbons (Fsp3) is 0.182. The maximum atomic E-state index is 12.5. The van der Waals surface area contributed by atoms with Gasteiger partial charge in [0.05, 0.1) is 11.9 Å². The van der Waals surface area contributed by atoms with Gasteiger partial charge in [0.25, 0.3) is 11.8 Å². The molecule has 1 aromatic heterocycles.